The summed E-state index contributed by atoms with van der Waals surface area (Å²) in [7, 11) is 2.20. The molecule has 0 spiro atoms. The molecule has 1 heterocycles. The lowest BCUT2D eigenvalue weighted by molar-refractivity contribution is 0.264. The van der Waals surface area contributed by atoms with Crippen LogP contribution in [0.5, 0.6) is 0 Å². The van der Waals surface area contributed by atoms with E-state index in [1.807, 2.05) is 27.7 Å². The number of aryl methyl sites for hydroxylation is 1. The molecule has 0 bridgehead atoms. The third-order valence-electron chi connectivity index (χ3n) is 3.11. The first-order valence-corrected chi connectivity index (χ1v) is 7.76. The van der Waals surface area contributed by atoms with Gasteiger partial charge >= 0.3 is 0 Å². The first-order chi connectivity index (χ1) is 9.24. The highest BCUT2D eigenvalue weighted by Gasteiger charge is 2.15. The van der Waals surface area contributed by atoms with E-state index in [2.05, 4.69) is 48.5 Å². The average Bonchev–Trinajstić information content (AvgIpc) is 2.46. The monoisotopic (exact) mass is 264 g/mol. The molecule has 1 aliphatic heterocycles. The van der Waals surface area contributed by atoms with Crippen LogP contribution in [-0.4, -0.2) is 31.1 Å². The predicted molar refractivity (Wildman–Crippen MR) is 88.0 cm³/mol. The molecular formula is C17H32N2. The Morgan fingerprint density at radius 3 is 2.16 bits per heavy atom. The smallest absolute Gasteiger partial charge is 0.0344 e. The Kier molecular flexibility index (Phi) is 10.3. The van der Waals surface area contributed by atoms with Crippen LogP contribution in [0.2, 0.25) is 0 Å². The Hall–Kier alpha value is -1.02. The van der Waals surface area contributed by atoms with Crippen LogP contribution in [0, 0.1) is 6.92 Å². The number of benzene rings is 1. The number of likely N-dealkylation sites (tertiary alicyclic amines) is 1. The van der Waals surface area contributed by atoms with Gasteiger partial charge in [0, 0.05) is 11.7 Å². The Balaban J connectivity index is 0.000000741. The molecule has 1 N–H and O–H groups in total. The number of anilines is 1. The van der Waals surface area contributed by atoms with E-state index in [1.165, 1.54) is 37.2 Å². The molecule has 1 aromatic carbocycles. The van der Waals surface area contributed by atoms with E-state index in [1.54, 1.807) is 0 Å². The topological polar surface area (TPSA) is 15.3 Å². The molecule has 0 atom stereocenters. The molecule has 1 aliphatic rings. The summed E-state index contributed by atoms with van der Waals surface area (Å²) < 4.78 is 0. The summed E-state index contributed by atoms with van der Waals surface area (Å²) in [6, 6.07) is 9.29. The van der Waals surface area contributed by atoms with Crippen molar-refractivity contribution in [1.82, 2.24) is 4.90 Å². The molecule has 1 saturated heterocycles. The maximum absolute atomic E-state index is 3.62. The van der Waals surface area contributed by atoms with E-state index >= 15 is 0 Å². The number of hydrogen-bond acceptors (Lipinski definition) is 2. The summed E-state index contributed by atoms with van der Waals surface area (Å²) in [6.07, 6.45) is 2.51. The van der Waals surface area contributed by atoms with Crippen LogP contribution in [0.1, 0.15) is 46.1 Å². The first-order valence-electron chi connectivity index (χ1n) is 7.76. The standard InChI is InChI=1S/C13H20N2.2C2H6/c1-11-4-3-5-13(10-11)14-12-6-8-15(2)9-7-12;2*1-2/h3-5,10,12,14H,6-9H2,1-2H3;2*1-2H3. The minimum absolute atomic E-state index is 0.656. The van der Waals surface area contributed by atoms with Gasteiger partial charge in [0.1, 0.15) is 0 Å². The van der Waals surface area contributed by atoms with Gasteiger partial charge in [0.25, 0.3) is 0 Å². The van der Waals surface area contributed by atoms with E-state index in [4.69, 9.17) is 0 Å². The molecule has 2 heteroatoms. The largest absolute Gasteiger partial charge is 0.382 e. The second kappa shape index (κ2) is 10.9. The van der Waals surface area contributed by atoms with Crippen molar-refractivity contribution in [3.8, 4) is 0 Å². The number of piperidine rings is 1. The molecule has 1 aromatic rings. The highest BCUT2D eigenvalue weighted by molar-refractivity contribution is 5.46. The highest BCUT2D eigenvalue weighted by Crippen LogP contribution is 2.16. The van der Waals surface area contributed by atoms with E-state index in [-0.39, 0.29) is 0 Å². The summed E-state index contributed by atoms with van der Waals surface area (Å²) >= 11 is 0. The van der Waals surface area contributed by atoms with Crippen LogP contribution in [0.25, 0.3) is 0 Å². The average molecular weight is 264 g/mol. The van der Waals surface area contributed by atoms with Gasteiger partial charge in [-0.05, 0) is 57.6 Å². The fraction of sp³-hybridized carbons (Fsp3) is 0.647. The summed E-state index contributed by atoms with van der Waals surface area (Å²) in [6.45, 7) is 12.6. The van der Waals surface area contributed by atoms with Gasteiger partial charge in [-0.2, -0.15) is 0 Å². The molecular weight excluding hydrogens is 232 g/mol. The molecule has 19 heavy (non-hydrogen) atoms. The number of rotatable bonds is 2. The molecule has 0 aromatic heterocycles. The van der Waals surface area contributed by atoms with E-state index in [9.17, 15) is 0 Å². The Morgan fingerprint density at radius 1 is 1.05 bits per heavy atom. The molecule has 0 amide bonds. The Morgan fingerprint density at radius 2 is 1.63 bits per heavy atom. The minimum Gasteiger partial charge on any atom is -0.382 e. The fourth-order valence-corrected chi connectivity index (χ4v) is 2.12. The molecule has 2 rings (SSSR count). The summed E-state index contributed by atoms with van der Waals surface area (Å²) in [5.41, 5.74) is 2.59. The van der Waals surface area contributed by atoms with Gasteiger partial charge in [0.15, 0.2) is 0 Å². The van der Waals surface area contributed by atoms with Crippen molar-refractivity contribution in [2.75, 3.05) is 25.5 Å². The van der Waals surface area contributed by atoms with Gasteiger partial charge in [-0.25, -0.2) is 0 Å². The van der Waals surface area contributed by atoms with Crippen molar-refractivity contribution in [2.45, 2.75) is 53.5 Å². The molecule has 1 fully saturated rings. The Bertz CT molecular complexity index is 315. The third kappa shape index (κ3) is 7.22. The fourth-order valence-electron chi connectivity index (χ4n) is 2.12. The molecule has 2 nitrogen and oxygen atoms in total. The van der Waals surface area contributed by atoms with Crippen molar-refractivity contribution < 1.29 is 0 Å². The zero-order valence-corrected chi connectivity index (χ0v) is 13.7. The lowest BCUT2D eigenvalue weighted by Gasteiger charge is -2.30. The molecule has 0 aliphatic carbocycles. The van der Waals surface area contributed by atoms with Gasteiger partial charge in [0.2, 0.25) is 0 Å². The van der Waals surface area contributed by atoms with Crippen LogP contribution in [0.4, 0.5) is 5.69 Å². The lowest BCUT2D eigenvalue weighted by Crippen LogP contribution is -2.36. The summed E-state index contributed by atoms with van der Waals surface area (Å²) in [5, 5.41) is 3.62. The van der Waals surface area contributed by atoms with Crippen molar-refractivity contribution in [1.29, 1.82) is 0 Å². The van der Waals surface area contributed by atoms with Crippen molar-refractivity contribution in [2.24, 2.45) is 0 Å². The van der Waals surface area contributed by atoms with Crippen LogP contribution >= 0.6 is 0 Å². The van der Waals surface area contributed by atoms with Crippen LogP contribution < -0.4 is 5.32 Å². The zero-order valence-electron chi connectivity index (χ0n) is 13.7. The summed E-state index contributed by atoms with van der Waals surface area (Å²) in [4.78, 5) is 2.40. The SMILES string of the molecule is CC.CC.Cc1cccc(NC2CCN(C)CC2)c1. The van der Waals surface area contributed by atoms with E-state index < -0.39 is 0 Å². The first kappa shape index (κ1) is 18.0. The predicted octanol–water partition coefficient (Wildman–Crippen LogP) is 4.55. The van der Waals surface area contributed by atoms with Gasteiger partial charge in [-0.15, -0.1) is 0 Å². The molecule has 0 radical (unpaired) electrons. The molecule has 0 unspecified atom stereocenters. The highest BCUT2D eigenvalue weighted by atomic mass is 15.1. The second-order valence-corrected chi connectivity index (χ2v) is 4.59. The number of nitrogens with one attached hydrogen (secondary N) is 1. The Labute approximate surface area is 120 Å². The van der Waals surface area contributed by atoms with Gasteiger partial charge in [-0.3, -0.25) is 0 Å². The van der Waals surface area contributed by atoms with Crippen LogP contribution in [0.3, 0.4) is 0 Å². The number of nitrogens with zero attached hydrogens (tertiary/aromatic N) is 1. The van der Waals surface area contributed by atoms with Gasteiger partial charge < -0.3 is 10.2 Å². The van der Waals surface area contributed by atoms with Crippen molar-refractivity contribution in [3.63, 3.8) is 0 Å². The van der Waals surface area contributed by atoms with Crippen LogP contribution in [-0.2, 0) is 0 Å². The maximum atomic E-state index is 3.62. The third-order valence-corrected chi connectivity index (χ3v) is 3.11. The zero-order chi connectivity index (χ0) is 14.7. The minimum atomic E-state index is 0.656. The van der Waals surface area contributed by atoms with Crippen LogP contribution in [0.15, 0.2) is 24.3 Å². The van der Waals surface area contributed by atoms with E-state index in [0.717, 1.165) is 0 Å². The van der Waals surface area contributed by atoms with Gasteiger partial charge in [-0.1, -0.05) is 39.8 Å². The molecule has 110 valence electrons. The quantitative estimate of drug-likeness (QED) is 0.843. The number of hydrogen-bond donors (Lipinski definition) is 1. The maximum Gasteiger partial charge on any atom is 0.0344 e. The van der Waals surface area contributed by atoms with Gasteiger partial charge in [0.05, 0.1) is 0 Å². The normalized spacial score (nSPS) is 15.7. The molecule has 0 saturated carbocycles. The second-order valence-electron chi connectivity index (χ2n) is 4.59. The van der Waals surface area contributed by atoms with E-state index in [0.29, 0.717) is 6.04 Å². The van der Waals surface area contributed by atoms with Crippen molar-refractivity contribution in [3.05, 3.63) is 29.8 Å². The summed E-state index contributed by atoms with van der Waals surface area (Å²) in [5.74, 6) is 0. The lowest BCUT2D eigenvalue weighted by atomic mass is 10.0. The van der Waals surface area contributed by atoms with Crippen molar-refractivity contribution >= 4 is 5.69 Å².